The summed E-state index contributed by atoms with van der Waals surface area (Å²) in [5, 5.41) is 14.1. The second kappa shape index (κ2) is 8.11. The molecule has 32 heavy (non-hydrogen) atoms. The van der Waals surface area contributed by atoms with E-state index in [1.165, 1.54) is 24.3 Å². The van der Waals surface area contributed by atoms with Gasteiger partial charge < -0.3 is 5.32 Å². The molecule has 160 valence electrons. The Hall–Kier alpha value is -4.26. The number of nitrogens with zero attached hydrogens (tertiary/aromatic N) is 2. The molecule has 3 aromatic rings. The molecule has 0 saturated carbocycles. The molecule has 2 amide bonds. The highest BCUT2D eigenvalue weighted by atomic mass is 16.6. The fraction of sp³-hybridized carbons (Fsp3) is 0.120. The predicted octanol–water partition coefficient (Wildman–Crippen LogP) is 4.92. The van der Waals surface area contributed by atoms with E-state index in [0.717, 1.165) is 21.6 Å². The molecule has 0 radical (unpaired) electrons. The van der Waals surface area contributed by atoms with Crippen molar-refractivity contribution in [1.82, 2.24) is 0 Å². The van der Waals surface area contributed by atoms with Crippen LogP contribution in [-0.2, 0) is 9.59 Å². The van der Waals surface area contributed by atoms with E-state index < -0.39 is 16.7 Å². The van der Waals surface area contributed by atoms with Gasteiger partial charge in [-0.1, -0.05) is 35.4 Å². The van der Waals surface area contributed by atoms with Crippen molar-refractivity contribution in [3.05, 3.63) is 105 Å². The first-order valence-corrected chi connectivity index (χ1v) is 10.0. The summed E-state index contributed by atoms with van der Waals surface area (Å²) < 4.78 is 0. The fourth-order valence-corrected chi connectivity index (χ4v) is 3.72. The van der Waals surface area contributed by atoms with Gasteiger partial charge in [0, 0.05) is 17.8 Å². The Labute approximate surface area is 185 Å². The van der Waals surface area contributed by atoms with Crippen molar-refractivity contribution in [3.63, 3.8) is 0 Å². The van der Waals surface area contributed by atoms with E-state index in [4.69, 9.17) is 0 Å². The molecule has 0 bridgehead atoms. The number of carbonyl (C=O) groups excluding carboxylic acids is 2. The fourth-order valence-electron chi connectivity index (χ4n) is 3.72. The third kappa shape index (κ3) is 3.76. The van der Waals surface area contributed by atoms with E-state index >= 15 is 0 Å². The number of imide groups is 1. The lowest BCUT2D eigenvalue weighted by atomic mass is 10.0. The number of nitro benzene ring substituents is 1. The molecule has 0 spiro atoms. The molecule has 0 aliphatic carbocycles. The smallest absolute Gasteiger partial charge is 0.282 e. The highest BCUT2D eigenvalue weighted by Gasteiger charge is 2.40. The van der Waals surface area contributed by atoms with Crippen molar-refractivity contribution in [2.75, 3.05) is 10.2 Å². The maximum absolute atomic E-state index is 13.5. The predicted molar refractivity (Wildman–Crippen MR) is 123 cm³/mol. The zero-order chi connectivity index (χ0) is 23.0. The maximum Gasteiger partial charge on any atom is 0.282 e. The Morgan fingerprint density at radius 1 is 0.812 bits per heavy atom. The van der Waals surface area contributed by atoms with E-state index in [9.17, 15) is 19.7 Å². The zero-order valence-electron chi connectivity index (χ0n) is 17.9. The molecule has 0 unspecified atom stereocenters. The molecule has 0 atom stereocenters. The van der Waals surface area contributed by atoms with Gasteiger partial charge in [0.15, 0.2) is 0 Å². The van der Waals surface area contributed by atoms with Crippen molar-refractivity contribution >= 4 is 34.4 Å². The number of anilines is 2. The Balaban J connectivity index is 1.83. The summed E-state index contributed by atoms with van der Waals surface area (Å²) in [6.07, 6.45) is 0. The molecule has 7 nitrogen and oxygen atoms in total. The summed E-state index contributed by atoms with van der Waals surface area (Å²) >= 11 is 0. The molecule has 7 heteroatoms. The third-order valence-corrected chi connectivity index (χ3v) is 5.36. The van der Waals surface area contributed by atoms with Gasteiger partial charge in [0.2, 0.25) is 0 Å². The number of nitro groups is 1. The lowest BCUT2D eigenvalue weighted by molar-refractivity contribution is -0.384. The van der Waals surface area contributed by atoms with E-state index in [1.807, 2.05) is 57.2 Å². The zero-order valence-corrected chi connectivity index (χ0v) is 17.9. The molecule has 1 aliphatic rings. The SMILES string of the molecule is Cc1ccc(NC2=C(c3ccc([N+](=O)[O-])cc3)C(=O)N(c3ccc(C)cc3C)C2=O)cc1. The molecule has 3 aromatic carbocycles. The molecule has 0 aromatic heterocycles. The highest BCUT2D eigenvalue weighted by Crippen LogP contribution is 2.35. The molecule has 0 fully saturated rings. The average Bonchev–Trinajstić information content (AvgIpc) is 2.99. The van der Waals surface area contributed by atoms with Crippen LogP contribution in [0.15, 0.2) is 72.4 Å². The van der Waals surface area contributed by atoms with Crippen molar-refractivity contribution in [2.24, 2.45) is 0 Å². The number of nitrogens with one attached hydrogen (secondary N) is 1. The Morgan fingerprint density at radius 2 is 1.44 bits per heavy atom. The minimum absolute atomic E-state index is 0.0922. The second-order valence-electron chi connectivity index (χ2n) is 7.78. The van der Waals surface area contributed by atoms with Crippen molar-refractivity contribution in [3.8, 4) is 0 Å². The molecule has 1 N–H and O–H groups in total. The summed E-state index contributed by atoms with van der Waals surface area (Å²) in [5.74, 6) is -0.957. The van der Waals surface area contributed by atoms with Gasteiger partial charge in [-0.05, 0) is 62.2 Å². The summed E-state index contributed by atoms with van der Waals surface area (Å²) in [7, 11) is 0. The van der Waals surface area contributed by atoms with Crippen molar-refractivity contribution in [2.45, 2.75) is 20.8 Å². The number of non-ortho nitro benzene ring substituents is 1. The number of hydrogen-bond donors (Lipinski definition) is 1. The quantitative estimate of drug-likeness (QED) is 0.355. The standard InChI is InChI=1S/C25H21N3O4/c1-15-4-9-19(10-5-15)26-23-22(18-7-11-20(12-8-18)28(31)32)24(29)27(25(23)30)21-13-6-16(2)14-17(21)3/h4-14,26H,1-3H3. The van der Waals surface area contributed by atoms with Crippen LogP contribution in [0.2, 0.25) is 0 Å². The van der Waals surface area contributed by atoms with E-state index in [1.54, 1.807) is 6.07 Å². The topological polar surface area (TPSA) is 92.6 Å². The number of hydrogen-bond acceptors (Lipinski definition) is 5. The normalized spacial score (nSPS) is 13.7. The van der Waals surface area contributed by atoms with E-state index in [-0.39, 0.29) is 17.0 Å². The second-order valence-corrected chi connectivity index (χ2v) is 7.78. The van der Waals surface area contributed by atoms with Crippen LogP contribution >= 0.6 is 0 Å². The minimum Gasteiger partial charge on any atom is -0.350 e. The number of aryl methyl sites for hydroxylation is 3. The summed E-state index contributed by atoms with van der Waals surface area (Å²) in [6.45, 7) is 5.74. The average molecular weight is 427 g/mol. The van der Waals surface area contributed by atoms with Gasteiger partial charge in [-0.2, -0.15) is 0 Å². The monoisotopic (exact) mass is 427 g/mol. The number of rotatable bonds is 5. The largest absolute Gasteiger partial charge is 0.350 e. The first kappa shape index (κ1) is 21.0. The van der Waals surface area contributed by atoms with Crippen LogP contribution < -0.4 is 10.2 Å². The molecule has 0 saturated heterocycles. The molecule has 1 aliphatic heterocycles. The van der Waals surface area contributed by atoms with Crippen LogP contribution in [0.3, 0.4) is 0 Å². The minimum atomic E-state index is -0.507. The Kier molecular flexibility index (Phi) is 5.32. The van der Waals surface area contributed by atoms with E-state index in [2.05, 4.69) is 5.32 Å². The van der Waals surface area contributed by atoms with Gasteiger partial charge in [-0.3, -0.25) is 19.7 Å². The van der Waals surface area contributed by atoms with Crippen LogP contribution in [0.1, 0.15) is 22.3 Å². The first-order chi connectivity index (χ1) is 15.3. The summed E-state index contributed by atoms with van der Waals surface area (Å²) in [6, 6.07) is 18.6. The number of amides is 2. The van der Waals surface area contributed by atoms with Crippen LogP contribution in [0.4, 0.5) is 17.1 Å². The lowest BCUT2D eigenvalue weighted by Gasteiger charge is -2.18. The van der Waals surface area contributed by atoms with E-state index in [0.29, 0.717) is 16.9 Å². The van der Waals surface area contributed by atoms with Gasteiger partial charge in [0.05, 0.1) is 16.2 Å². The summed E-state index contributed by atoms with van der Waals surface area (Å²) in [5.41, 5.74) is 4.68. The first-order valence-electron chi connectivity index (χ1n) is 10.0. The van der Waals surface area contributed by atoms with Gasteiger partial charge in [0.1, 0.15) is 5.70 Å². The number of benzene rings is 3. The van der Waals surface area contributed by atoms with Crippen LogP contribution in [-0.4, -0.2) is 16.7 Å². The van der Waals surface area contributed by atoms with Crippen molar-refractivity contribution < 1.29 is 14.5 Å². The van der Waals surface area contributed by atoms with Gasteiger partial charge in [-0.25, -0.2) is 4.90 Å². The number of carbonyl (C=O) groups is 2. The van der Waals surface area contributed by atoms with Crippen LogP contribution in [0.5, 0.6) is 0 Å². The molecular formula is C25H21N3O4. The Morgan fingerprint density at radius 3 is 2.03 bits per heavy atom. The molecular weight excluding hydrogens is 406 g/mol. The third-order valence-electron chi connectivity index (χ3n) is 5.36. The van der Waals surface area contributed by atoms with Crippen LogP contribution in [0, 0.1) is 30.9 Å². The summed E-state index contributed by atoms with van der Waals surface area (Å²) in [4.78, 5) is 38.6. The maximum atomic E-state index is 13.5. The molecule has 4 rings (SSSR count). The Bertz CT molecular complexity index is 1280. The highest BCUT2D eigenvalue weighted by molar-refractivity contribution is 6.46. The van der Waals surface area contributed by atoms with Crippen molar-refractivity contribution in [1.29, 1.82) is 0 Å². The van der Waals surface area contributed by atoms with Gasteiger partial charge in [-0.15, -0.1) is 0 Å². The van der Waals surface area contributed by atoms with Crippen LogP contribution in [0.25, 0.3) is 5.57 Å². The van der Waals surface area contributed by atoms with Gasteiger partial charge in [0.25, 0.3) is 17.5 Å². The van der Waals surface area contributed by atoms with Gasteiger partial charge >= 0.3 is 0 Å². The lowest BCUT2D eigenvalue weighted by Crippen LogP contribution is -2.33. The molecule has 1 heterocycles.